The molecule has 2 heterocycles. The number of carbonyl (C=O) groups is 1. The van der Waals surface area contributed by atoms with Crippen molar-refractivity contribution in [3.05, 3.63) is 17.8 Å². The molecule has 2 rings (SSSR count). The van der Waals surface area contributed by atoms with Gasteiger partial charge in [-0.2, -0.15) is 0 Å². The predicted molar refractivity (Wildman–Crippen MR) is 82.4 cm³/mol. The van der Waals surface area contributed by atoms with E-state index >= 15 is 0 Å². The number of nitrogens with zero attached hydrogens (tertiary/aromatic N) is 2. The molecule has 0 aliphatic carbocycles. The second-order valence-corrected chi connectivity index (χ2v) is 5.14. The first kappa shape index (κ1) is 16.5. The quantitative estimate of drug-likeness (QED) is 0.809. The Morgan fingerprint density at radius 1 is 1.41 bits per heavy atom. The molecule has 0 aromatic carbocycles. The summed E-state index contributed by atoms with van der Waals surface area (Å²) in [5.74, 6) is 0.531. The van der Waals surface area contributed by atoms with Gasteiger partial charge in [-0.3, -0.25) is 0 Å². The number of likely N-dealkylation sites (tertiary alicyclic amines) is 1. The van der Waals surface area contributed by atoms with Gasteiger partial charge in [0.2, 0.25) is 5.88 Å². The van der Waals surface area contributed by atoms with Crippen molar-refractivity contribution in [3.63, 3.8) is 0 Å². The van der Waals surface area contributed by atoms with Crippen LogP contribution in [0.1, 0.15) is 12.1 Å². The van der Waals surface area contributed by atoms with Gasteiger partial charge in [-0.1, -0.05) is 0 Å². The molecule has 1 saturated heterocycles. The van der Waals surface area contributed by atoms with Crippen molar-refractivity contribution in [2.24, 2.45) is 0 Å². The van der Waals surface area contributed by atoms with E-state index < -0.39 is 0 Å². The van der Waals surface area contributed by atoms with Crippen LogP contribution in [0.3, 0.4) is 0 Å². The Bertz CT molecular complexity index is 510. The number of aryl methyl sites for hydroxylation is 1. The third kappa shape index (κ3) is 4.32. The van der Waals surface area contributed by atoms with Gasteiger partial charge in [0.25, 0.3) is 0 Å². The summed E-state index contributed by atoms with van der Waals surface area (Å²) in [6, 6.07) is 3.39. The van der Waals surface area contributed by atoms with Crippen molar-refractivity contribution in [1.29, 1.82) is 0 Å². The SMILES string of the molecule is COCCOC1CCN(C(=O)Nc2ccc(OC)nc2C)C1. The number of amides is 2. The minimum absolute atomic E-state index is 0.0796. The van der Waals surface area contributed by atoms with Gasteiger partial charge in [0, 0.05) is 26.3 Å². The summed E-state index contributed by atoms with van der Waals surface area (Å²) in [5, 5.41) is 2.88. The van der Waals surface area contributed by atoms with Crippen LogP contribution in [0.2, 0.25) is 0 Å². The molecule has 1 aliphatic heterocycles. The van der Waals surface area contributed by atoms with Gasteiger partial charge in [0.05, 0.1) is 37.8 Å². The number of rotatable bonds is 6. The lowest BCUT2D eigenvalue weighted by Crippen LogP contribution is -2.34. The molecule has 1 fully saturated rings. The molecule has 122 valence electrons. The molecular formula is C15H23N3O4. The minimum atomic E-state index is -0.132. The standard InChI is InChI=1S/C15H23N3O4/c1-11-13(4-5-14(16-11)21-3)17-15(19)18-7-6-12(10-18)22-9-8-20-2/h4-5,12H,6-10H2,1-3H3,(H,17,19). The fourth-order valence-corrected chi connectivity index (χ4v) is 2.32. The molecule has 1 aromatic heterocycles. The number of methoxy groups -OCH3 is 2. The van der Waals surface area contributed by atoms with Crippen molar-refractivity contribution in [2.45, 2.75) is 19.4 Å². The molecule has 7 nitrogen and oxygen atoms in total. The van der Waals surface area contributed by atoms with E-state index in [2.05, 4.69) is 10.3 Å². The Labute approximate surface area is 130 Å². The lowest BCUT2D eigenvalue weighted by atomic mass is 10.3. The van der Waals surface area contributed by atoms with Gasteiger partial charge in [-0.15, -0.1) is 0 Å². The van der Waals surface area contributed by atoms with E-state index in [1.807, 2.05) is 6.92 Å². The maximum Gasteiger partial charge on any atom is 0.321 e. The largest absolute Gasteiger partial charge is 0.481 e. The summed E-state index contributed by atoms with van der Waals surface area (Å²) in [7, 11) is 3.21. The molecule has 0 spiro atoms. The number of aromatic nitrogens is 1. The van der Waals surface area contributed by atoms with E-state index in [-0.39, 0.29) is 12.1 Å². The Kier molecular flexibility index (Phi) is 5.97. The van der Waals surface area contributed by atoms with Gasteiger partial charge in [-0.05, 0) is 19.4 Å². The van der Waals surface area contributed by atoms with Crippen LogP contribution in [0.5, 0.6) is 5.88 Å². The van der Waals surface area contributed by atoms with Gasteiger partial charge >= 0.3 is 6.03 Å². The highest BCUT2D eigenvalue weighted by molar-refractivity contribution is 5.90. The van der Waals surface area contributed by atoms with Crippen molar-refractivity contribution in [1.82, 2.24) is 9.88 Å². The lowest BCUT2D eigenvalue weighted by molar-refractivity contribution is 0.0239. The average Bonchev–Trinajstić information content (AvgIpc) is 2.98. The molecule has 7 heteroatoms. The highest BCUT2D eigenvalue weighted by Gasteiger charge is 2.27. The highest BCUT2D eigenvalue weighted by Crippen LogP contribution is 2.19. The van der Waals surface area contributed by atoms with E-state index in [1.165, 1.54) is 0 Å². The number of carbonyl (C=O) groups excluding carboxylic acids is 1. The molecule has 1 aromatic rings. The summed E-state index contributed by atoms with van der Waals surface area (Å²) >= 11 is 0. The summed E-state index contributed by atoms with van der Waals surface area (Å²) in [4.78, 5) is 18.3. The van der Waals surface area contributed by atoms with Crippen LogP contribution in [0.15, 0.2) is 12.1 Å². The van der Waals surface area contributed by atoms with Crippen LogP contribution in [0, 0.1) is 6.92 Å². The summed E-state index contributed by atoms with van der Waals surface area (Å²) in [6.07, 6.45) is 0.924. The van der Waals surface area contributed by atoms with Gasteiger partial charge in [0.1, 0.15) is 0 Å². The van der Waals surface area contributed by atoms with E-state index in [9.17, 15) is 4.79 Å². The van der Waals surface area contributed by atoms with Crippen molar-refractivity contribution < 1.29 is 19.0 Å². The zero-order valence-corrected chi connectivity index (χ0v) is 13.3. The van der Waals surface area contributed by atoms with E-state index in [0.29, 0.717) is 37.9 Å². The van der Waals surface area contributed by atoms with Crippen molar-refractivity contribution >= 4 is 11.7 Å². The third-order valence-corrected chi connectivity index (χ3v) is 3.58. The van der Waals surface area contributed by atoms with Crippen LogP contribution >= 0.6 is 0 Å². The summed E-state index contributed by atoms with van der Waals surface area (Å²) in [6.45, 7) is 4.24. The monoisotopic (exact) mass is 309 g/mol. The van der Waals surface area contributed by atoms with Crippen LogP contribution in [0.4, 0.5) is 10.5 Å². The first-order valence-corrected chi connectivity index (χ1v) is 7.32. The van der Waals surface area contributed by atoms with E-state index in [1.54, 1.807) is 31.3 Å². The van der Waals surface area contributed by atoms with Crippen LogP contribution < -0.4 is 10.1 Å². The van der Waals surface area contributed by atoms with Crippen molar-refractivity contribution in [3.8, 4) is 5.88 Å². The van der Waals surface area contributed by atoms with Gasteiger partial charge < -0.3 is 24.4 Å². The van der Waals surface area contributed by atoms with Crippen molar-refractivity contribution in [2.75, 3.05) is 45.8 Å². The number of urea groups is 1. The molecule has 1 aliphatic rings. The zero-order valence-electron chi connectivity index (χ0n) is 13.3. The smallest absolute Gasteiger partial charge is 0.321 e. The number of pyridine rings is 1. The average molecular weight is 309 g/mol. The summed E-state index contributed by atoms with van der Waals surface area (Å²) < 4.78 is 15.7. The normalized spacial score (nSPS) is 17.6. The summed E-state index contributed by atoms with van der Waals surface area (Å²) in [5.41, 5.74) is 1.41. The number of anilines is 1. The molecule has 1 atom stereocenters. The maximum absolute atomic E-state index is 12.3. The molecule has 2 amide bonds. The number of hydrogen-bond donors (Lipinski definition) is 1. The molecular weight excluding hydrogens is 286 g/mol. The first-order chi connectivity index (χ1) is 10.6. The van der Waals surface area contributed by atoms with Gasteiger partial charge in [-0.25, -0.2) is 9.78 Å². The molecule has 0 saturated carbocycles. The van der Waals surface area contributed by atoms with Crippen LogP contribution in [-0.4, -0.2) is 62.5 Å². The van der Waals surface area contributed by atoms with Crippen LogP contribution in [0.25, 0.3) is 0 Å². The first-order valence-electron chi connectivity index (χ1n) is 7.32. The van der Waals surface area contributed by atoms with E-state index in [4.69, 9.17) is 14.2 Å². The van der Waals surface area contributed by atoms with Crippen LogP contribution in [-0.2, 0) is 9.47 Å². The fourth-order valence-electron chi connectivity index (χ4n) is 2.32. The fraction of sp³-hybridized carbons (Fsp3) is 0.600. The molecule has 22 heavy (non-hydrogen) atoms. The van der Waals surface area contributed by atoms with E-state index in [0.717, 1.165) is 12.1 Å². The molecule has 1 N–H and O–H groups in total. The number of nitrogens with one attached hydrogen (secondary N) is 1. The Hall–Kier alpha value is -1.86. The highest BCUT2D eigenvalue weighted by atomic mass is 16.5. The number of hydrogen-bond acceptors (Lipinski definition) is 5. The Morgan fingerprint density at radius 2 is 2.23 bits per heavy atom. The lowest BCUT2D eigenvalue weighted by Gasteiger charge is -2.18. The second-order valence-electron chi connectivity index (χ2n) is 5.14. The minimum Gasteiger partial charge on any atom is -0.481 e. The zero-order chi connectivity index (χ0) is 15.9. The Morgan fingerprint density at radius 3 is 2.91 bits per heavy atom. The third-order valence-electron chi connectivity index (χ3n) is 3.58. The Balaban J connectivity index is 1.85. The molecule has 0 radical (unpaired) electrons. The topological polar surface area (TPSA) is 72.9 Å². The maximum atomic E-state index is 12.3. The second kappa shape index (κ2) is 7.95. The molecule has 1 unspecified atom stereocenters. The number of ether oxygens (including phenoxy) is 3. The van der Waals surface area contributed by atoms with Gasteiger partial charge in [0.15, 0.2) is 0 Å². The predicted octanol–water partition coefficient (Wildman–Crippen LogP) is 1.67. The molecule has 0 bridgehead atoms.